The Balaban J connectivity index is 1.49. The van der Waals surface area contributed by atoms with Crippen LogP contribution in [-0.4, -0.2) is 35.3 Å². The van der Waals surface area contributed by atoms with Crippen molar-refractivity contribution in [3.05, 3.63) is 47.8 Å². The summed E-state index contributed by atoms with van der Waals surface area (Å²) in [6.07, 6.45) is 5.01. The predicted octanol–water partition coefficient (Wildman–Crippen LogP) is 3.24. The molecule has 0 unspecified atom stereocenters. The summed E-state index contributed by atoms with van der Waals surface area (Å²) in [5.41, 5.74) is 2.07. The van der Waals surface area contributed by atoms with Crippen molar-refractivity contribution in [3.8, 4) is 11.5 Å². The number of amides is 1. The second-order valence-corrected chi connectivity index (χ2v) is 7.51. The van der Waals surface area contributed by atoms with Crippen LogP contribution in [0, 0.1) is 5.41 Å². The maximum Gasteiger partial charge on any atom is 0.270 e. The number of hydrogen-bond donors (Lipinski definition) is 0. The van der Waals surface area contributed by atoms with E-state index in [1.807, 2.05) is 40.9 Å². The summed E-state index contributed by atoms with van der Waals surface area (Å²) in [5, 5.41) is 0. The molecule has 0 radical (unpaired) electrons. The number of piperidine rings is 1. The highest BCUT2D eigenvalue weighted by atomic mass is 16.7. The molecule has 2 aliphatic heterocycles. The van der Waals surface area contributed by atoms with Gasteiger partial charge < -0.3 is 18.9 Å². The van der Waals surface area contributed by atoms with Gasteiger partial charge in [-0.15, -0.1) is 0 Å². The summed E-state index contributed by atoms with van der Waals surface area (Å²) in [4.78, 5) is 14.8. The van der Waals surface area contributed by atoms with Gasteiger partial charge in [0.25, 0.3) is 5.91 Å². The number of aryl methyl sites for hydroxylation is 1. The summed E-state index contributed by atoms with van der Waals surface area (Å²) < 4.78 is 12.8. The van der Waals surface area contributed by atoms with Gasteiger partial charge in [0.1, 0.15) is 5.69 Å². The Labute approximate surface area is 148 Å². The smallest absolute Gasteiger partial charge is 0.270 e. The number of benzene rings is 1. The molecule has 4 rings (SSSR count). The SMILES string of the molecule is Cn1cccc1C(=O)N1CCC[C@@](C)(Cc2ccc3c(c2)OCO3)C1. The molecule has 2 aromatic rings. The van der Waals surface area contributed by atoms with Gasteiger partial charge in [-0.3, -0.25) is 4.79 Å². The van der Waals surface area contributed by atoms with Gasteiger partial charge >= 0.3 is 0 Å². The maximum absolute atomic E-state index is 12.8. The Morgan fingerprint density at radius 3 is 2.88 bits per heavy atom. The number of aromatic nitrogens is 1. The van der Waals surface area contributed by atoms with Crippen LogP contribution >= 0.6 is 0 Å². The molecule has 1 amide bonds. The standard InChI is InChI=1S/C20H24N2O3/c1-20(12-15-6-7-17-18(11-15)25-14-24-17)8-4-10-22(13-20)19(23)16-5-3-9-21(16)2/h3,5-7,9,11H,4,8,10,12-14H2,1-2H3/t20-/m0/s1. The molecule has 5 nitrogen and oxygen atoms in total. The van der Waals surface area contributed by atoms with E-state index < -0.39 is 0 Å². The van der Waals surface area contributed by atoms with Gasteiger partial charge in [0.2, 0.25) is 6.79 Å². The monoisotopic (exact) mass is 340 g/mol. The molecule has 2 aliphatic rings. The predicted molar refractivity (Wildman–Crippen MR) is 94.9 cm³/mol. The molecule has 1 aromatic heterocycles. The first-order valence-corrected chi connectivity index (χ1v) is 8.83. The van der Waals surface area contributed by atoms with Crippen molar-refractivity contribution in [1.29, 1.82) is 0 Å². The van der Waals surface area contributed by atoms with Crippen LogP contribution in [0.4, 0.5) is 0 Å². The Hall–Kier alpha value is -2.43. The van der Waals surface area contributed by atoms with Crippen molar-refractivity contribution in [3.63, 3.8) is 0 Å². The average molecular weight is 340 g/mol. The van der Waals surface area contributed by atoms with E-state index in [1.54, 1.807) is 0 Å². The van der Waals surface area contributed by atoms with Crippen molar-refractivity contribution < 1.29 is 14.3 Å². The molecule has 0 N–H and O–H groups in total. The first-order chi connectivity index (χ1) is 12.0. The Kier molecular flexibility index (Phi) is 3.94. The van der Waals surface area contributed by atoms with Crippen molar-refractivity contribution in [2.75, 3.05) is 19.9 Å². The zero-order valence-electron chi connectivity index (χ0n) is 14.8. The Bertz CT molecular complexity index is 798. The third kappa shape index (κ3) is 3.11. The third-order valence-corrected chi connectivity index (χ3v) is 5.30. The molecule has 1 atom stereocenters. The molecule has 1 fully saturated rings. The van der Waals surface area contributed by atoms with Crippen molar-refractivity contribution in [2.24, 2.45) is 12.5 Å². The molecular formula is C20H24N2O3. The van der Waals surface area contributed by atoms with E-state index in [2.05, 4.69) is 19.1 Å². The number of hydrogen-bond acceptors (Lipinski definition) is 3. The highest BCUT2D eigenvalue weighted by Crippen LogP contribution is 2.37. The number of carbonyl (C=O) groups excluding carboxylic acids is 1. The Morgan fingerprint density at radius 2 is 2.08 bits per heavy atom. The molecule has 0 spiro atoms. The summed E-state index contributed by atoms with van der Waals surface area (Å²) >= 11 is 0. The van der Waals surface area contributed by atoms with Crippen LogP contribution in [0.5, 0.6) is 11.5 Å². The van der Waals surface area contributed by atoms with Gasteiger partial charge in [-0.05, 0) is 54.5 Å². The van der Waals surface area contributed by atoms with Gasteiger partial charge in [-0.1, -0.05) is 13.0 Å². The minimum Gasteiger partial charge on any atom is -0.454 e. The largest absolute Gasteiger partial charge is 0.454 e. The maximum atomic E-state index is 12.8. The number of ether oxygens (including phenoxy) is 2. The first kappa shape index (κ1) is 16.1. The van der Waals surface area contributed by atoms with Gasteiger partial charge in [0.15, 0.2) is 11.5 Å². The molecule has 25 heavy (non-hydrogen) atoms. The molecular weight excluding hydrogens is 316 g/mol. The third-order valence-electron chi connectivity index (χ3n) is 5.30. The number of carbonyl (C=O) groups is 1. The van der Waals surface area contributed by atoms with E-state index >= 15 is 0 Å². The van der Waals surface area contributed by atoms with E-state index in [-0.39, 0.29) is 11.3 Å². The quantitative estimate of drug-likeness (QED) is 0.861. The number of fused-ring (bicyclic) bond motifs is 1. The lowest BCUT2D eigenvalue weighted by Crippen LogP contribution is -2.46. The molecule has 0 aliphatic carbocycles. The summed E-state index contributed by atoms with van der Waals surface area (Å²) in [7, 11) is 1.92. The van der Waals surface area contributed by atoms with Crippen LogP contribution in [0.2, 0.25) is 0 Å². The number of likely N-dealkylation sites (tertiary alicyclic amines) is 1. The lowest BCUT2D eigenvalue weighted by atomic mass is 9.77. The molecule has 1 saturated heterocycles. The van der Waals surface area contributed by atoms with Gasteiger partial charge in [0, 0.05) is 26.3 Å². The zero-order valence-corrected chi connectivity index (χ0v) is 14.8. The van der Waals surface area contributed by atoms with Crippen LogP contribution < -0.4 is 9.47 Å². The first-order valence-electron chi connectivity index (χ1n) is 8.83. The van der Waals surface area contributed by atoms with E-state index in [0.717, 1.165) is 49.5 Å². The minimum atomic E-state index is 0.0762. The van der Waals surface area contributed by atoms with Gasteiger partial charge in [-0.25, -0.2) is 0 Å². The van der Waals surface area contributed by atoms with Gasteiger partial charge in [0.05, 0.1) is 0 Å². The Morgan fingerprint density at radius 1 is 1.24 bits per heavy atom. The van der Waals surface area contributed by atoms with Crippen LogP contribution in [0.25, 0.3) is 0 Å². The van der Waals surface area contributed by atoms with Crippen LogP contribution in [-0.2, 0) is 13.5 Å². The number of rotatable bonds is 3. The highest BCUT2D eigenvalue weighted by Gasteiger charge is 2.34. The minimum absolute atomic E-state index is 0.0762. The van der Waals surface area contributed by atoms with E-state index in [1.165, 1.54) is 5.56 Å². The fourth-order valence-corrected chi connectivity index (χ4v) is 4.02. The van der Waals surface area contributed by atoms with Crippen molar-refractivity contribution in [2.45, 2.75) is 26.2 Å². The lowest BCUT2D eigenvalue weighted by molar-refractivity contribution is 0.0541. The topological polar surface area (TPSA) is 43.7 Å². The van der Waals surface area contributed by atoms with Crippen molar-refractivity contribution >= 4 is 5.91 Å². The number of nitrogens with zero attached hydrogens (tertiary/aromatic N) is 2. The van der Waals surface area contributed by atoms with E-state index in [0.29, 0.717) is 6.79 Å². The fraction of sp³-hybridized carbons (Fsp3) is 0.450. The van der Waals surface area contributed by atoms with E-state index in [4.69, 9.17) is 9.47 Å². The second-order valence-electron chi connectivity index (χ2n) is 7.51. The molecule has 0 saturated carbocycles. The zero-order chi connectivity index (χ0) is 17.4. The average Bonchev–Trinajstić information content (AvgIpc) is 3.22. The molecule has 0 bridgehead atoms. The van der Waals surface area contributed by atoms with Crippen LogP contribution in [0.3, 0.4) is 0 Å². The summed E-state index contributed by atoms with van der Waals surface area (Å²) in [5.74, 6) is 1.77. The molecule has 5 heteroatoms. The van der Waals surface area contributed by atoms with Gasteiger partial charge in [-0.2, -0.15) is 0 Å². The van der Waals surface area contributed by atoms with E-state index in [9.17, 15) is 4.79 Å². The van der Waals surface area contributed by atoms with Crippen molar-refractivity contribution in [1.82, 2.24) is 9.47 Å². The molecule has 132 valence electrons. The highest BCUT2D eigenvalue weighted by molar-refractivity contribution is 5.92. The normalized spacial score (nSPS) is 22.2. The second kappa shape index (κ2) is 6.14. The summed E-state index contributed by atoms with van der Waals surface area (Å²) in [6, 6.07) is 9.98. The molecule has 3 heterocycles. The molecule has 1 aromatic carbocycles. The summed E-state index contributed by atoms with van der Waals surface area (Å²) in [6.45, 7) is 4.20. The lowest BCUT2D eigenvalue weighted by Gasteiger charge is -2.40. The fourth-order valence-electron chi connectivity index (χ4n) is 4.02. The van der Waals surface area contributed by atoms with Crippen LogP contribution in [0.15, 0.2) is 36.5 Å². The van der Waals surface area contributed by atoms with Crippen LogP contribution in [0.1, 0.15) is 35.8 Å².